The molecular formula is C17H30N2O3. The van der Waals surface area contributed by atoms with Crippen LogP contribution in [0.2, 0.25) is 0 Å². The number of carbonyl (C=O) groups is 2. The Labute approximate surface area is 133 Å². The van der Waals surface area contributed by atoms with E-state index in [0.717, 1.165) is 32.4 Å². The number of nitrogens with one attached hydrogen (secondary N) is 2. The first-order valence-corrected chi connectivity index (χ1v) is 8.76. The molecule has 1 heterocycles. The molecule has 5 nitrogen and oxygen atoms in total. The summed E-state index contributed by atoms with van der Waals surface area (Å²) in [6.45, 7) is 2.10. The van der Waals surface area contributed by atoms with Crippen molar-refractivity contribution in [2.45, 2.75) is 63.8 Å². The van der Waals surface area contributed by atoms with Crippen LogP contribution >= 0.6 is 0 Å². The Morgan fingerprint density at radius 3 is 2.64 bits per heavy atom. The Balaban J connectivity index is 1.80. The second-order valence-corrected chi connectivity index (χ2v) is 6.75. The highest BCUT2D eigenvalue weighted by molar-refractivity contribution is 5.77. The zero-order valence-electron chi connectivity index (χ0n) is 13.7. The standard InChI is InChI=1S/C17H30N2O3/c1-22-17(21)11-15(14-5-3-2-4-6-14)19-16(20)8-7-13-9-10-18-12-13/h13-15,18H,2-12H2,1H3,(H,19,20). The van der Waals surface area contributed by atoms with Crippen molar-refractivity contribution in [2.24, 2.45) is 11.8 Å². The highest BCUT2D eigenvalue weighted by atomic mass is 16.5. The van der Waals surface area contributed by atoms with Crippen LogP contribution < -0.4 is 10.6 Å². The lowest BCUT2D eigenvalue weighted by Gasteiger charge is -2.30. The molecule has 2 fully saturated rings. The van der Waals surface area contributed by atoms with Gasteiger partial charge in [-0.2, -0.15) is 0 Å². The normalized spacial score (nSPS) is 24.0. The van der Waals surface area contributed by atoms with Crippen LogP contribution in [0.3, 0.4) is 0 Å². The van der Waals surface area contributed by atoms with Crippen LogP contribution in [0, 0.1) is 11.8 Å². The first kappa shape index (κ1) is 17.3. The van der Waals surface area contributed by atoms with Crippen LogP contribution in [0.1, 0.15) is 57.8 Å². The zero-order chi connectivity index (χ0) is 15.8. The van der Waals surface area contributed by atoms with Gasteiger partial charge in [0.15, 0.2) is 0 Å². The van der Waals surface area contributed by atoms with Crippen molar-refractivity contribution in [1.82, 2.24) is 10.6 Å². The van der Waals surface area contributed by atoms with Crippen LogP contribution in [0.4, 0.5) is 0 Å². The molecule has 1 amide bonds. The Bertz CT molecular complexity index is 361. The molecule has 0 spiro atoms. The molecule has 0 aromatic rings. The van der Waals surface area contributed by atoms with Crippen molar-refractivity contribution >= 4 is 11.9 Å². The summed E-state index contributed by atoms with van der Waals surface area (Å²) in [4.78, 5) is 23.9. The van der Waals surface area contributed by atoms with Crippen molar-refractivity contribution in [2.75, 3.05) is 20.2 Å². The van der Waals surface area contributed by atoms with Gasteiger partial charge in [0, 0.05) is 12.5 Å². The van der Waals surface area contributed by atoms with Crippen LogP contribution in [0.25, 0.3) is 0 Å². The fourth-order valence-electron chi connectivity index (χ4n) is 3.71. The largest absolute Gasteiger partial charge is 0.469 e. The summed E-state index contributed by atoms with van der Waals surface area (Å²) in [7, 11) is 1.41. The molecule has 1 saturated carbocycles. The summed E-state index contributed by atoms with van der Waals surface area (Å²) in [5.74, 6) is 0.909. The van der Waals surface area contributed by atoms with Crippen molar-refractivity contribution in [3.05, 3.63) is 0 Å². The monoisotopic (exact) mass is 310 g/mol. The molecule has 0 aromatic carbocycles. The number of esters is 1. The van der Waals surface area contributed by atoms with Gasteiger partial charge in [-0.05, 0) is 50.6 Å². The highest BCUT2D eigenvalue weighted by Crippen LogP contribution is 2.28. The van der Waals surface area contributed by atoms with Gasteiger partial charge in [0.1, 0.15) is 0 Å². The Morgan fingerprint density at radius 1 is 1.23 bits per heavy atom. The predicted molar refractivity (Wildman–Crippen MR) is 85.3 cm³/mol. The summed E-state index contributed by atoms with van der Waals surface area (Å²) in [5, 5.41) is 6.45. The first-order valence-electron chi connectivity index (χ1n) is 8.76. The molecule has 2 N–H and O–H groups in total. The lowest BCUT2D eigenvalue weighted by molar-refractivity contribution is -0.141. The van der Waals surface area contributed by atoms with Gasteiger partial charge in [0.2, 0.25) is 5.91 Å². The van der Waals surface area contributed by atoms with Crippen molar-refractivity contribution < 1.29 is 14.3 Å². The summed E-state index contributed by atoms with van der Waals surface area (Å²) in [5.41, 5.74) is 0. The van der Waals surface area contributed by atoms with Gasteiger partial charge in [-0.15, -0.1) is 0 Å². The highest BCUT2D eigenvalue weighted by Gasteiger charge is 2.27. The first-order chi connectivity index (χ1) is 10.7. The minimum atomic E-state index is -0.226. The van der Waals surface area contributed by atoms with E-state index in [9.17, 15) is 9.59 Å². The summed E-state index contributed by atoms with van der Waals surface area (Å²) in [6, 6.07) is -0.0537. The molecule has 2 unspecified atom stereocenters. The topological polar surface area (TPSA) is 67.4 Å². The Kier molecular flexibility index (Phi) is 7.16. The number of hydrogen-bond acceptors (Lipinski definition) is 4. The molecular weight excluding hydrogens is 280 g/mol. The van der Waals surface area contributed by atoms with E-state index in [1.807, 2.05) is 0 Å². The average Bonchev–Trinajstić information content (AvgIpc) is 3.06. The number of rotatable bonds is 7. The van der Waals surface area contributed by atoms with E-state index in [0.29, 0.717) is 24.7 Å². The van der Waals surface area contributed by atoms with Gasteiger partial charge in [-0.3, -0.25) is 9.59 Å². The molecule has 0 bridgehead atoms. The average molecular weight is 310 g/mol. The molecule has 0 aromatic heterocycles. The Morgan fingerprint density at radius 2 is 2.00 bits per heavy atom. The molecule has 2 rings (SSSR count). The number of carbonyl (C=O) groups excluding carboxylic acids is 2. The molecule has 2 atom stereocenters. The molecule has 1 saturated heterocycles. The molecule has 1 aliphatic carbocycles. The maximum Gasteiger partial charge on any atom is 0.307 e. The lowest BCUT2D eigenvalue weighted by atomic mass is 9.82. The minimum Gasteiger partial charge on any atom is -0.469 e. The van der Waals surface area contributed by atoms with Gasteiger partial charge < -0.3 is 15.4 Å². The third kappa shape index (κ3) is 5.59. The molecule has 2 aliphatic rings. The van der Waals surface area contributed by atoms with Crippen molar-refractivity contribution in [3.8, 4) is 0 Å². The van der Waals surface area contributed by atoms with Crippen LogP contribution in [0.5, 0.6) is 0 Å². The number of amides is 1. The fourth-order valence-corrected chi connectivity index (χ4v) is 3.71. The molecule has 5 heteroatoms. The molecule has 1 aliphatic heterocycles. The van der Waals surface area contributed by atoms with E-state index in [2.05, 4.69) is 10.6 Å². The summed E-state index contributed by atoms with van der Waals surface area (Å²) < 4.78 is 4.80. The van der Waals surface area contributed by atoms with Crippen LogP contribution in [-0.4, -0.2) is 38.1 Å². The van der Waals surface area contributed by atoms with Crippen LogP contribution in [0.15, 0.2) is 0 Å². The fraction of sp³-hybridized carbons (Fsp3) is 0.882. The maximum atomic E-state index is 12.2. The van der Waals surface area contributed by atoms with Gasteiger partial charge in [0.25, 0.3) is 0 Å². The van der Waals surface area contributed by atoms with Gasteiger partial charge in [0.05, 0.1) is 13.5 Å². The van der Waals surface area contributed by atoms with Crippen LogP contribution in [-0.2, 0) is 14.3 Å². The maximum absolute atomic E-state index is 12.2. The van der Waals surface area contributed by atoms with E-state index in [-0.39, 0.29) is 17.9 Å². The second kappa shape index (κ2) is 9.13. The van der Waals surface area contributed by atoms with E-state index in [1.165, 1.54) is 32.8 Å². The zero-order valence-corrected chi connectivity index (χ0v) is 13.7. The summed E-state index contributed by atoms with van der Waals surface area (Å²) in [6.07, 6.45) is 8.86. The molecule has 126 valence electrons. The number of ether oxygens (including phenoxy) is 1. The number of hydrogen-bond donors (Lipinski definition) is 2. The van der Waals surface area contributed by atoms with E-state index < -0.39 is 0 Å². The third-order valence-electron chi connectivity index (χ3n) is 5.12. The minimum absolute atomic E-state index is 0.0537. The molecule has 22 heavy (non-hydrogen) atoms. The second-order valence-electron chi connectivity index (χ2n) is 6.75. The predicted octanol–water partition coefficient (Wildman–Crippen LogP) is 2.00. The van der Waals surface area contributed by atoms with E-state index in [4.69, 9.17) is 4.74 Å². The summed E-state index contributed by atoms with van der Waals surface area (Å²) >= 11 is 0. The quantitative estimate of drug-likeness (QED) is 0.706. The Hall–Kier alpha value is -1.10. The van der Waals surface area contributed by atoms with E-state index in [1.54, 1.807) is 0 Å². The van der Waals surface area contributed by atoms with Gasteiger partial charge in [-0.1, -0.05) is 19.3 Å². The smallest absolute Gasteiger partial charge is 0.307 e. The van der Waals surface area contributed by atoms with Crippen molar-refractivity contribution in [3.63, 3.8) is 0 Å². The van der Waals surface area contributed by atoms with E-state index >= 15 is 0 Å². The van der Waals surface area contributed by atoms with Crippen molar-refractivity contribution in [1.29, 1.82) is 0 Å². The van der Waals surface area contributed by atoms with Gasteiger partial charge >= 0.3 is 5.97 Å². The molecule has 0 radical (unpaired) electrons. The lowest BCUT2D eigenvalue weighted by Crippen LogP contribution is -2.42. The van der Waals surface area contributed by atoms with Gasteiger partial charge in [-0.25, -0.2) is 0 Å². The SMILES string of the molecule is COC(=O)CC(NC(=O)CCC1CCNC1)C1CCCCC1. The third-order valence-corrected chi connectivity index (χ3v) is 5.12. The number of methoxy groups -OCH3 is 1.